The maximum Gasteiger partial charge on any atom is 0.247 e. The number of benzene rings is 1. The molecule has 2 atom stereocenters. The van der Waals surface area contributed by atoms with Gasteiger partial charge in [0, 0.05) is 32.5 Å². The molecular weight excluding hydrogens is 300 g/mol. The lowest BCUT2D eigenvalue weighted by Crippen LogP contribution is -2.32. The number of hydrogen-bond donors (Lipinski definition) is 0. The molecule has 5 nitrogen and oxygen atoms in total. The van der Waals surface area contributed by atoms with Gasteiger partial charge in [0.25, 0.3) is 0 Å². The number of nitrogens with zero attached hydrogens (tertiary/aromatic N) is 4. The predicted octanol–water partition coefficient (Wildman–Crippen LogP) is 2.66. The van der Waals surface area contributed by atoms with Crippen LogP contribution in [-0.4, -0.2) is 42.5 Å². The number of carbonyl (C=O) groups is 1. The van der Waals surface area contributed by atoms with Crippen molar-refractivity contribution in [3.05, 3.63) is 54.2 Å². The molecule has 2 aliphatic heterocycles. The van der Waals surface area contributed by atoms with E-state index in [2.05, 4.69) is 39.0 Å². The minimum Gasteiger partial charge on any atom is -0.378 e. The van der Waals surface area contributed by atoms with Crippen molar-refractivity contribution in [1.29, 1.82) is 0 Å². The van der Waals surface area contributed by atoms with Gasteiger partial charge >= 0.3 is 0 Å². The number of aromatic nitrogens is 1. The van der Waals surface area contributed by atoms with Gasteiger partial charge in [0.05, 0.1) is 6.04 Å². The third kappa shape index (κ3) is 2.36. The number of anilines is 2. The first-order valence-electron chi connectivity index (χ1n) is 8.44. The molecule has 0 spiro atoms. The molecule has 124 valence electrons. The van der Waals surface area contributed by atoms with Crippen LogP contribution in [0, 0.1) is 0 Å². The topological polar surface area (TPSA) is 39.7 Å². The molecular formula is C19H22N4O. The molecule has 3 heterocycles. The van der Waals surface area contributed by atoms with E-state index in [1.807, 2.05) is 37.2 Å². The van der Waals surface area contributed by atoms with Gasteiger partial charge in [-0.1, -0.05) is 18.2 Å². The monoisotopic (exact) mass is 322 g/mol. The SMILES string of the molecule is CN(C)c1ccc(C2N(c3ccccn3)C(=O)C3CCCN32)cc1. The highest BCUT2D eigenvalue weighted by Crippen LogP contribution is 2.41. The highest BCUT2D eigenvalue weighted by Gasteiger charge is 2.49. The lowest BCUT2D eigenvalue weighted by Gasteiger charge is -2.29. The van der Waals surface area contributed by atoms with Crippen molar-refractivity contribution in [2.45, 2.75) is 25.0 Å². The van der Waals surface area contributed by atoms with E-state index in [-0.39, 0.29) is 18.1 Å². The minimum absolute atomic E-state index is 0.00877. The van der Waals surface area contributed by atoms with Crippen LogP contribution in [0.5, 0.6) is 0 Å². The van der Waals surface area contributed by atoms with E-state index in [0.29, 0.717) is 0 Å². The molecule has 0 radical (unpaired) electrons. The Morgan fingerprint density at radius 3 is 2.58 bits per heavy atom. The van der Waals surface area contributed by atoms with Gasteiger partial charge in [0.2, 0.25) is 5.91 Å². The van der Waals surface area contributed by atoms with E-state index in [0.717, 1.165) is 36.5 Å². The Hall–Kier alpha value is -2.40. The zero-order chi connectivity index (χ0) is 16.7. The Kier molecular flexibility index (Phi) is 3.73. The molecule has 4 rings (SSSR count). The normalized spacial score (nSPS) is 23.6. The summed E-state index contributed by atoms with van der Waals surface area (Å²) in [6, 6.07) is 14.2. The summed E-state index contributed by atoms with van der Waals surface area (Å²) < 4.78 is 0. The summed E-state index contributed by atoms with van der Waals surface area (Å²) >= 11 is 0. The molecule has 2 saturated heterocycles. The van der Waals surface area contributed by atoms with Crippen molar-refractivity contribution in [2.75, 3.05) is 30.4 Å². The number of fused-ring (bicyclic) bond motifs is 1. The molecule has 1 amide bonds. The third-order valence-corrected chi connectivity index (χ3v) is 4.98. The first-order valence-corrected chi connectivity index (χ1v) is 8.44. The third-order valence-electron chi connectivity index (χ3n) is 4.98. The zero-order valence-electron chi connectivity index (χ0n) is 14.1. The molecule has 5 heteroatoms. The van der Waals surface area contributed by atoms with Crippen LogP contribution >= 0.6 is 0 Å². The number of amides is 1. The lowest BCUT2D eigenvalue weighted by atomic mass is 10.1. The van der Waals surface area contributed by atoms with Crippen molar-refractivity contribution in [2.24, 2.45) is 0 Å². The van der Waals surface area contributed by atoms with Gasteiger partial charge < -0.3 is 4.90 Å². The fourth-order valence-electron chi connectivity index (χ4n) is 3.80. The lowest BCUT2D eigenvalue weighted by molar-refractivity contribution is -0.119. The summed E-state index contributed by atoms with van der Waals surface area (Å²) in [5, 5.41) is 0. The van der Waals surface area contributed by atoms with E-state index in [4.69, 9.17) is 0 Å². The number of carbonyl (C=O) groups excluding carboxylic acids is 1. The molecule has 2 unspecified atom stereocenters. The van der Waals surface area contributed by atoms with Crippen LogP contribution in [0.3, 0.4) is 0 Å². The number of hydrogen-bond acceptors (Lipinski definition) is 4. The standard InChI is InChI=1S/C19H22N4O/c1-21(2)15-10-8-14(9-11-15)18-22-13-5-6-16(22)19(24)23(18)17-7-3-4-12-20-17/h3-4,7-12,16,18H,5-6,13H2,1-2H3. The van der Waals surface area contributed by atoms with Crippen LogP contribution in [-0.2, 0) is 4.79 Å². The Morgan fingerprint density at radius 1 is 1.12 bits per heavy atom. The molecule has 0 N–H and O–H groups in total. The summed E-state index contributed by atoms with van der Waals surface area (Å²) in [5.74, 6) is 0.909. The fraction of sp³-hybridized carbons (Fsp3) is 0.368. The van der Waals surface area contributed by atoms with Crippen LogP contribution in [0.15, 0.2) is 48.7 Å². The largest absolute Gasteiger partial charge is 0.378 e. The minimum atomic E-state index is -0.0592. The molecule has 0 aliphatic carbocycles. The van der Waals surface area contributed by atoms with Crippen LogP contribution in [0.25, 0.3) is 0 Å². The number of rotatable bonds is 3. The Labute approximate surface area is 142 Å². The summed E-state index contributed by atoms with van der Waals surface area (Å²) in [5.41, 5.74) is 2.30. The van der Waals surface area contributed by atoms with Crippen molar-refractivity contribution in [3.63, 3.8) is 0 Å². The maximum atomic E-state index is 13.0. The van der Waals surface area contributed by atoms with E-state index in [1.165, 1.54) is 0 Å². The van der Waals surface area contributed by atoms with Crippen molar-refractivity contribution in [1.82, 2.24) is 9.88 Å². The van der Waals surface area contributed by atoms with Gasteiger partial charge in [-0.05, 0) is 42.7 Å². The number of pyridine rings is 1. The average molecular weight is 322 g/mol. The smallest absolute Gasteiger partial charge is 0.247 e. The van der Waals surface area contributed by atoms with E-state index in [1.54, 1.807) is 6.20 Å². The Bertz CT molecular complexity index is 729. The van der Waals surface area contributed by atoms with Gasteiger partial charge in [0.15, 0.2) is 0 Å². The Morgan fingerprint density at radius 2 is 1.92 bits per heavy atom. The van der Waals surface area contributed by atoms with Crippen LogP contribution in [0.4, 0.5) is 11.5 Å². The first kappa shape index (κ1) is 15.1. The molecule has 2 fully saturated rings. The van der Waals surface area contributed by atoms with E-state index in [9.17, 15) is 4.79 Å². The van der Waals surface area contributed by atoms with E-state index < -0.39 is 0 Å². The molecule has 2 aliphatic rings. The van der Waals surface area contributed by atoms with Crippen LogP contribution < -0.4 is 9.80 Å². The van der Waals surface area contributed by atoms with Crippen molar-refractivity contribution in [3.8, 4) is 0 Å². The van der Waals surface area contributed by atoms with Gasteiger partial charge in [-0.2, -0.15) is 0 Å². The Balaban J connectivity index is 1.75. The maximum absolute atomic E-state index is 13.0. The molecule has 0 bridgehead atoms. The van der Waals surface area contributed by atoms with Gasteiger partial charge in [-0.3, -0.25) is 14.6 Å². The highest BCUT2D eigenvalue weighted by atomic mass is 16.2. The molecule has 24 heavy (non-hydrogen) atoms. The van der Waals surface area contributed by atoms with Crippen molar-refractivity contribution < 1.29 is 4.79 Å². The summed E-state index contributed by atoms with van der Waals surface area (Å²) in [4.78, 5) is 23.7. The molecule has 0 saturated carbocycles. The van der Waals surface area contributed by atoms with Crippen LogP contribution in [0.1, 0.15) is 24.6 Å². The second kappa shape index (κ2) is 5.91. The van der Waals surface area contributed by atoms with Gasteiger partial charge in [0.1, 0.15) is 12.0 Å². The van der Waals surface area contributed by atoms with Gasteiger partial charge in [-0.15, -0.1) is 0 Å². The average Bonchev–Trinajstić information content (AvgIpc) is 3.18. The molecule has 1 aromatic carbocycles. The molecule has 1 aromatic heterocycles. The zero-order valence-corrected chi connectivity index (χ0v) is 14.1. The van der Waals surface area contributed by atoms with Crippen LogP contribution in [0.2, 0.25) is 0 Å². The summed E-state index contributed by atoms with van der Waals surface area (Å²) in [6.45, 7) is 0.958. The quantitative estimate of drug-likeness (QED) is 0.871. The summed E-state index contributed by atoms with van der Waals surface area (Å²) in [7, 11) is 4.07. The van der Waals surface area contributed by atoms with Gasteiger partial charge in [-0.25, -0.2) is 4.98 Å². The predicted molar refractivity (Wildman–Crippen MR) is 95.0 cm³/mol. The second-order valence-electron chi connectivity index (χ2n) is 6.65. The summed E-state index contributed by atoms with van der Waals surface area (Å²) in [6.07, 6.45) is 3.71. The fourth-order valence-corrected chi connectivity index (χ4v) is 3.80. The molecule has 2 aromatic rings. The van der Waals surface area contributed by atoms with E-state index >= 15 is 0 Å². The second-order valence-corrected chi connectivity index (χ2v) is 6.65. The first-order chi connectivity index (χ1) is 11.7. The van der Waals surface area contributed by atoms with Crippen molar-refractivity contribution >= 4 is 17.4 Å². The highest BCUT2D eigenvalue weighted by molar-refractivity contribution is 5.99.